The molecule has 0 spiro atoms. The van der Waals surface area contributed by atoms with Gasteiger partial charge in [0, 0.05) is 25.9 Å². The van der Waals surface area contributed by atoms with Crippen LogP contribution in [0, 0.1) is 5.92 Å². The number of nitrogens with one attached hydrogen (secondary N) is 1. The summed E-state index contributed by atoms with van der Waals surface area (Å²) in [5.74, 6) is 0.0241. The van der Waals surface area contributed by atoms with E-state index in [-0.39, 0.29) is 36.3 Å². The maximum absolute atomic E-state index is 12.2. The van der Waals surface area contributed by atoms with Gasteiger partial charge in [-0.3, -0.25) is 4.79 Å². The number of carbonyl (C=O) groups is 1. The Morgan fingerprint density at radius 2 is 2.14 bits per heavy atom. The molecule has 1 aromatic carbocycles. The summed E-state index contributed by atoms with van der Waals surface area (Å²) in [7, 11) is -1.91. The summed E-state index contributed by atoms with van der Waals surface area (Å²) >= 11 is 0. The Bertz CT molecular complexity index is 642. The number of hydrogen-bond acceptors (Lipinski definition) is 4. The van der Waals surface area contributed by atoms with Crippen LogP contribution in [0.25, 0.3) is 0 Å². The predicted octanol–water partition coefficient (Wildman–Crippen LogP) is 0.502. The standard InChI is InChI=1S/C14H20N2O4S/c1-10(5-6-17)9-15-21(19,20)12-3-4-13-11(7-12)8-14(18)16(13)2/h3-4,7,10,15,17H,5-6,8-9H2,1-2H3. The third kappa shape index (κ3) is 3.42. The van der Waals surface area contributed by atoms with Crippen molar-refractivity contribution in [3.05, 3.63) is 23.8 Å². The Kier molecular flexibility index (Phi) is 4.65. The Hall–Kier alpha value is -1.44. The molecule has 2 N–H and O–H groups in total. The van der Waals surface area contributed by atoms with E-state index in [1.807, 2.05) is 6.92 Å². The molecule has 2 rings (SSSR count). The van der Waals surface area contributed by atoms with Gasteiger partial charge in [0.2, 0.25) is 15.9 Å². The predicted molar refractivity (Wildman–Crippen MR) is 79.6 cm³/mol. The fourth-order valence-electron chi connectivity index (χ4n) is 2.27. The van der Waals surface area contributed by atoms with E-state index < -0.39 is 10.0 Å². The van der Waals surface area contributed by atoms with Crippen LogP contribution in [-0.4, -0.2) is 39.6 Å². The number of rotatable bonds is 6. The maximum atomic E-state index is 12.2. The molecule has 0 radical (unpaired) electrons. The van der Waals surface area contributed by atoms with E-state index in [2.05, 4.69) is 4.72 Å². The van der Waals surface area contributed by atoms with Gasteiger partial charge < -0.3 is 10.0 Å². The Morgan fingerprint density at radius 1 is 1.43 bits per heavy atom. The van der Waals surface area contributed by atoms with Gasteiger partial charge >= 0.3 is 0 Å². The van der Waals surface area contributed by atoms with E-state index in [1.54, 1.807) is 19.2 Å². The highest BCUT2D eigenvalue weighted by atomic mass is 32.2. The van der Waals surface area contributed by atoms with Gasteiger partial charge in [-0.05, 0) is 36.1 Å². The quantitative estimate of drug-likeness (QED) is 0.801. The number of aliphatic hydroxyl groups is 1. The van der Waals surface area contributed by atoms with Crippen LogP contribution in [0.4, 0.5) is 5.69 Å². The molecular formula is C14H20N2O4S. The SMILES string of the molecule is CC(CCO)CNS(=O)(=O)c1ccc2c(c1)CC(=O)N2C. The minimum Gasteiger partial charge on any atom is -0.396 e. The Balaban J connectivity index is 2.15. The molecule has 0 saturated heterocycles. The van der Waals surface area contributed by atoms with E-state index >= 15 is 0 Å². The monoisotopic (exact) mass is 312 g/mol. The molecule has 1 aliphatic heterocycles. The van der Waals surface area contributed by atoms with E-state index in [0.29, 0.717) is 6.42 Å². The normalized spacial score (nSPS) is 16.1. The van der Waals surface area contributed by atoms with E-state index in [9.17, 15) is 13.2 Å². The number of amides is 1. The molecule has 7 heteroatoms. The number of fused-ring (bicyclic) bond motifs is 1. The van der Waals surface area contributed by atoms with Crippen molar-refractivity contribution in [3.63, 3.8) is 0 Å². The summed E-state index contributed by atoms with van der Waals surface area (Å²) in [5.41, 5.74) is 1.49. The van der Waals surface area contributed by atoms with Crippen molar-refractivity contribution in [1.29, 1.82) is 0 Å². The van der Waals surface area contributed by atoms with Crippen LogP contribution in [0.3, 0.4) is 0 Å². The van der Waals surface area contributed by atoms with Gasteiger partial charge in [0.25, 0.3) is 0 Å². The molecular weight excluding hydrogens is 292 g/mol. The molecule has 0 fully saturated rings. The molecule has 1 heterocycles. The molecule has 0 aromatic heterocycles. The molecule has 1 amide bonds. The summed E-state index contributed by atoms with van der Waals surface area (Å²) in [6, 6.07) is 4.72. The first-order valence-corrected chi connectivity index (χ1v) is 8.33. The molecule has 21 heavy (non-hydrogen) atoms. The summed E-state index contributed by atoms with van der Waals surface area (Å²) in [6.07, 6.45) is 0.780. The lowest BCUT2D eigenvalue weighted by atomic mass is 10.1. The van der Waals surface area contributed by atoms with Crippen molar-refractivity contribution in [1.82, 2.24) is 4.72 Å². The Morgan fingerprint density at radius 3 is 2.81 bits per heavy atom. The average molecular weight is 312 g/mol. The van der Waals surface area contributed by atoms with Crippen LogP contribution >= 0.6 is 0 Å². The number of hydrogen-bond donors (Lipinski definition) is 2. The summed E-state index contributed by atoms with van der Waals surface area (Å²) in [5, 5.41) is 8.82. The molecule has 116 valence electrons. The highest BCUT2D eigenvalue weighted by Crippen LogP contribution is 2.29. The number of aliphatic hydroxyl groups excluding tert-OH is 1. The minimum absolute atomic E-state index is 0.0379. The largest absolute Gasteiger partial charge is 0.396 e. The van der Waals surface area contributed by atoms with Crippen LogP contribution in [0.5, 0.6) is 0 Å². The van der Waals surface area contributed by atoms with Crippen LogP contribution in [-0.2, 0) is 21.2 Å². The van der Waals surface area contributed by atoms with E-state index in [0.717, 1.165) is 11.3 Å². The van der Waals surface area contributed by atoms with Crippen LogP contribution in [0.1, 0.15) is 18.9 Å². The van der Waals surface area contributed by atoms with Crippen LogP contribution < -0.4 is 9.62 Å². The lowest BCUT2D eigenvalue weighted by Crippen LogP contribution is -2.28. The van der Waals surface area contributed by atoms with Gasteiger partial charge in [-0.1, -0.05) is 6.92 Å². The van der Waals surface area contributed by atoms with E-state index in [4.69, 9.17) is 5.11 Å². The average Bonchev–Trinajstić information content (AvgIpc) is 2.72. The number of likely N-dealkylation sites (N-methyl/N-ethyl adjacent to an activating group) is 1. The first kappa shape index (κ1) is 15.9. The molecule has 0 bridgehead atoms. The van der Waals surface area contributed by atoms with Crippen LogP contribution in [0.15, 0.2) is 23.1 Å². The van der Waals surface area contributed by atoms with Gasteiger partial charge in [-0.15, -0.1) is 0 Å². The van der Waals surface area contributed by atoms with Crippen molar-refractivity contribution in [2.24, 2.45) is 5.92 Å². The van der Waals surface area contributed by atoms with Gasteiger partial charge in [-0.2, -0.15) is 0 Å². The molecule has 6 nitrogen and oxygen atoms in total. The maximum Gasteiger partial charge on any atom is 0.240 e. The number of nitrogens with zero attached hydrogens (tertiary/aromatic N) is 1. The lowest BCUT2D eigenvalue weighted by molar-refractivity contribution is -0.117. The number of benzene rings is 1. The topological polar surface area (TPSA) is 86.7 Å². The molecule has 1 unspecified atom stereocenters. The zero-order valence-electron chi connectivity index (χ0n) is 12.2. The fourth-order valence-corrected chi connectivity index (χ4v) is 3.49. The first-order chi connectivity index (χ1) is 9.85. The van der Waals surface area contributed by atoms with Crippen molar-refractivity contribution in [2.75, 3.05) is 25.1 Å². The number of anilines is 1. The number of carbonyl (C=O) groups excluding carboxylic acids is 1. The van der Waals surface area contributed by atoms with Crippen LogP contribution in [0.2, 0.25) is 0 Å². The van der Waals surface area contributed by atoms with Gasteiger partial charge in [0.1, 0.15) is 0 Å². The molecule has 0 saturated carbocycles. The van der Waals surface area contributed by atoms with Gasteiger partial charge in [-0.25, -0.2) is 13.1 Å². The Labute approximate surface area is 124 Å². The summed E-state index contributed by atoms with van der Waals surface area (Å²) in [6.45, 7) is 2.18. The molecule has 1 atom stereocenters. The van der Waals surface area contributed by atoms with Crippen molar-refractivity contribution in [3.8, 4) is 0 Å². The first-order valence-electron chi connectivity index (χ1n) is 6.85. The zero-order valence-corrected chi connectivity index (χ0v) is 13.0. The van der Waals surface area contributed by atoms with Crippen molar-refractivity contribution >= 4 is 21.6 Å². The second-order valence-electron chi connectivity index (χ2n) is 5.39. The highest BCUT2D eigenvalue weighted by Gasteiger charge is 2.26. The summed E-state index contributed by atoms with van der Waals surface area (Å²) in [4.78, 5) is 13.3. The zero-order chi connectivity index (χ0) is 15.6. The van der Waals surface area contributed by atoms with Gasteiger partial charge in [0.05, 0.1) is 11.3 Å². The minimum atomic E-state index is -3.59. The molecule has 0 aliphatic carbocycles. The van der Waals surface area contributed by atoms with E-state index in [1.165, 1.54) is 11.0 Å². The highest BCUT2D eigenvalue weighted by molar-refractivity contribution is 7.89. The van der Waals surface area contributed by atoms with Crippen molar-refractivity contribution in [2.45, 2.75) is 24.7 Å². The number of sulfonamides is 1. The third-order valence-electron chi connectivity index (χ3n) is 3.68. The second kappa shape index (κ2) is 6.13. The molecule has 1 aliphatic rings. The van der Waals surface area contributed by atoms with Gasteiger partial charge in [0.15, 0.2) is 0 Å². The summed E-state index contributed by atoms with van der Waals surface area (Å²) < 4.78 is 27.0. The van der Waals surface area contributed by atoms with Crippen molar-refractivity contribution < 1.29 is 18.3 Å². The smallest absolute Gasteiger partial charge is 0.240 e. The molecule has 1 aromatic rings. The second-order valence-corrected chi connectivity index (χ2v) is 7.16. The lowest BCUT2D eigenvalue weighted by Gasteiger charge is -2.13. The third-order valence-corrected chi connectivity index (χ3v) is 5.10. The fraction of sp³-hybridized carbons (Fsp3) is 0.500.